The van der Waals surface area contributed by atoms with E-state index in [1.54, 1.807) is 19.1 Å². The molecule has 0 aliphatic carbocycles. The van der Waals surface area contributed by atoms with Crippen molar-refractivity contribution in [1.82, 2.24) is 0 Å². The van der Waals surface area contributed by atoms with Crippen LogP contribution in [0.1, 0.15) is 19.4 Å². The van der Waals surface area contributed by atoms with Gasteiger partial charge < -0.3 is 4.74 Å². The van der Waals surface area contributed by atoms with Gasteiger partial charge >= 0.3 is 5.97 Å². The first kappa shape index (κ1) is 14.8. The van der Waals surface area contributed by atoms with Gasteiger partial charge in [0.2, 0.25) is 0 Å². The lowest BCUT2D eigenvalue weighted by Gasteiger charge is -1.98. The van der Waals surface area contributed by atoms with Gasteiger partial charge in [-0.05, 0) is 37.1 Å². The highest BCUT2D eigenvalue weighted by Gasteiger charge is 1.98. The Bertz CT molecular complexity index is 491. The molecule has 0 saturated heterocycles. The molecular weight excluding hydrogens is 271 g/mol. The number of esters is 1. The van der Waals surface area contributed by atoms with Crippen LogP contribution in [0.3, 0.4) is 0 Å². The van der Waals surface area contributed by atoms with E-state index in [1.807, 2.05) is 25.1 Å². The summed E-state index contributed by atoms with van der Waals surface area (Å²) in [6.07, 6.45) is 5.11. The smallest absolute Gasteiger partial charge is 0.330 e. The molecule has 0 saturated carbocycles. The summed E-state index contributed by atoms with van der Waals surface area (Å²) in [7, 11) is 0. The highest BCUT2D eigenvalue weighted by molar-refractivity contribution is 6.42. The Morgan fingerprint density at radius 2 is 2.06 bits per heavy atom. The summed E-state index contributed by atoms with van der Waals surface area (Å²) >= 11 is 11.7. The Morgan fingerprint density at radius 1 is 1.33 bits per heavy atom. The zero-order valence-corrected chi connectivity index (χ0v) is 11.8. The van der Waals surface area contributed by atoms with Crippen LogP contribution in [0, 0.1) is 0 Å². The van der Waals surface area contributed by atoms with Gasteiger partial charge in [0.25, 0.3) is 0 Å². The molecule has 1 aromatic carbocycles. The second-order valence-corrected chi connectivity index (χ2v) is 4.46. The van der Waals surface area contributed by atoms with Crippen LogP contribution < -0.4 is 0 Å². The summed E-state index contributed by atoms with van der Waals surface area (Å²) in [6.45, 7) is 3.97. The fraction of sp³-hybridized carbons (Fsp3) is 0.214. The van der Waals surface area contributed by atoms with Gasteiger partial charge in [-0.15, -0.1) is 0 Å². The van der Waals surface area contributed by atoms with E-state index in [2.05, 4.69) is 0 Å². The van der Waals surface area contributed by atoms with Crippen LogP contribution in [0.25, 0.3) is 6.08 Å². The van der Waals surface area contributed by atoms with Gasteiger partial charge in [-0.1, -0.05) is 41.4 Å². The average Bonchev–Trinajstić information content (AvgIpc) is 2.31. The highest BCUT2D eigenvalue weighted by atomic mass is 35.5. The molecule has 0 radical (unpaired) electrons. The number of rotatable bonds is 4. The van der Waals surface area contributed by atoms with E-state index in [0.29, 0.717) is 16.7 Å². The van der Waals surface area contributed by atoms with E-state index < -0.39 is 0 Å². The topological polar surface area (TPSA) is 26.3 Å². The van der Waals surface area contributed by atoms with Crippen molar-refractivity contribution in [3.05, 3.63) is 51.5 Å². The zero-order chi connectivity index (χ0) is 13.5. The second kappa shape index (κ2) is 7.24. The predicted octanol–water partition coefficient (Wildman–Crippen LogP) is 4.52. The van der Waals surface area contributed by atoms with E-state index in [0.717, 1.165) is 11.1 Å². The number of benzene rings is 1. The van der Waals surface area contributed by atoms with E-state index in [9.17, 15) is 4.79 Å². The third-order valence-corrected chi connectivity index (χ3v) is 2.85. The molecule has 4 heteroatoms. The lowest BCUT2D eigenvalue weighted by molar-refractivity contribution is -0.137. The summed E-state index contributed by atoms with van der Waals surface area (Å²) in [5, 5.41) is 1.03. The largest absolute Gasteiger partial charge is 0.463 e. The molecule has 0 bridgehead atoms. The van der Waals surface area contributed by atoms with Gasteiger partial charge in [0.05, 0.1) is 16.7 Å². The van der Waals surface area contributed by atoms with Gasteiger partial charge in [-0.25, -0.2) is 4.79 Å². The van der Waals surface area contributed by atoms with Gasteiger partial charge in [0.1, 0.15) is 0 Å². The van der Waals surface area contributed by atoms with Gasteiger partial charge in [-0.2, -0.15) is 0 Å². The summed E-state index contributed by atoms with van der Waals surface area (Å²) < 4.78 is 4.81. The Balaban J connectivity index is 2.74. The molecule has 2 nitrogen and oxygen atoms in total. The molecule has 1 rings (SSSR count). The molecule has 96 valence electrons. The van der Waals surface area contributed by atoms with Gasteiger partial charge in [-0.3, -0.25) is 0 Å². The maximum absolute atomic E-state index is 11.2. The van der Waals surface area contributed by atoms with Crippen LogP contribution in [-0.4, -0.2) is 12.6 Å². The monoisotopic (exact) mass is 284 g/mol. The Kier molecular flexibility index (Phi) is 5.96. The fourth-order valence-corrected chi connectivity index (χ4v) is 1.57. The third-order valence-electron chi connectivity index (χ3n) is 2.11. The van der Waals surface area contributed by atoms with Crippen molar-refractivity contribution in [3.63, 3.8) is 0 Å². The van der Waals surface area contributed by atoms with Crippen molar-refractivity contribution in [3.8, 4) is 0 Å². The lowest BCUT2D eigenvalue weighted by Crippen LogP contribution is -1.99. The average molecular weight is 285 g/mol. The van der Waals surface area contributed by atoms with Crippen LogP contribution in [0.4, 0.5) is 0 Å². The molecule has 0 fully saturated rings. The SMILES string of the molecule is CCOC(=O)/C=C(C)/C=C/c1ccc(Cl)c(Cl)c1. The minimum absolute atomic E-state index is 0.339. The van der Waals surface area contributed by atoms with E-state index in [4.69, 9.17) is 27.9 Å². The molecule has 0 atom stereocenters. The first-order valence-corrected chi connectivity index (χ1v) is 6.26. The molecule has 0 aliphatic rings. The summed E-state index contributed by atoms with van der Waals surface area (Å²) in [6, 6.07) is 5.34. The maximum atomic E-state index is 11.2. The number of hydrogen-bond donors (Lipinski definition) is 0. The molecular formula is C14H14Cl2O2. The van der Waals surface area contributed by atoms with Crippen molar-refractivity contribution in [2.24, 2.45) is 0 Å². The quantitative estimate of drug-likeness (QED) is 0.462. The van der Waals surface area contributed by atoms with Crippen LogP contribution in [0.15, 0.2) is 35.9 Å². The van der Waals surface area contributed by atoms with Crippen molar-refractivity contribution in [1.29, 1.82) is 0 Å². The molecule has 0 spiro atoms. The number of carbonyl (C=O) groups excluding carboxylic acids is 1. The van der Waals surface area contributed by atoms with Gasteiger partial charge in [0, 0.05) is 6.08 Å². The predicted molar refractivity (Wildman–Crippen MR) is 75.9 cm³/mol. The number of halogens is 2. The van der Waals surface area contributed by atoms with Crippen LogP contribution in [-0.2, 0) is 9.53 Å². The van der Waals surface area contributed by atoms with E-state index in [-0.39, 0.29) is 5.97 Å². The molecule has 0 heterocycles. The van der Waals surface area contributed by atoms with E-state index in [1.165, 1.54) is 6.08 Å². The molecule has 0 unspecified atom stereocenters. The lowest BCUT2D eigenvalue weighted by atomic mass is 10.1. The fourth-order valence-electron chi connectivity index (χ4n) is 1.26. The Labute approximate surface area is 117 Å². The molecule has 0 aromatic heterocycles. The molecule has 1 aromatic rings. The first-order valence-electron chi connectivity index (χ1n) is 5.51. The van der Waals surface area contributed by atoms with Crippen molar-refractivity contribution in [2.45, 2.75) is 13.8 Å². The first-order chi connectivity index (χ1) is 8.52. The third kappa shape index (κ3) is 4.94. The summed E-state index contributed by atoms with van der Waals surface area (Å²) in [5.41, 5.74) is 1.72. The molecule has 0 amide bonds. The van der Waals surface area contributed by atoms with Crippen LogP contribution >= 0.6 is 23.2 Å². The zero-order valence-electron chi connectivity index (χ0n) is 10.2. The van der Waals surface area contributed by atoms with Gasteiger partial charge in [0.15, 0.2) is 0 Å². The van der Waals surface area contributed by atoms with Crippen molar-refractivity contribution in [2.75, 3.05) is 6.61 Å². The maximum Gasteiger partial charge on any atom is 0.330 e. The summed E-state index contributed by atoms with van der Waals surface area (Å²) in [5.74, 6) is -0.339. The molecule has 0 aliphatic heterocycles. The van der Waals surface area contributed by atoms with Crippen LogP contribution in [0.5, 0.6) is 0 Å². The normalized spacial score (nSPS) is 11.9. The second-order valence-electron chi connectivity index (χ2n) is 3.65. The molecule has 18 heavy (non-hydrogen) atoms. The number of allylic oxidation sites excluding steroid dienone is 2. The summed E-state index contributed by atoms with van der Waals surface area (Å²) in [4.78, 5) is 11.2. The molecule has 0 N–H and O–H groups in total. The minimum Gasteiger partial charge on any atom is -0.463 e. The van der Waals surface area contributed by atoms with Crippen molar-refractivity contribution >= 4 is 35.2 Å². The minimum atomic E-state index is -0.339. The number of hydrogen-bond acceptors (Lipinski definition) is 2. The Hall–Kier alpha value is -1.25. The van der Waals surface area contributed by atoms with Crippen LogP contribution in [0.2, 0.25) is 10.0 Å². The number of carbonyl (C=O) groups is 1. The standard InChI is InChI=1S/C14H14Cl2O2/c1-3-18-14(17)8-10(2)4-5-11-6-7-12(15)13(16)9-11/h4-9H,3H2,1-2H3/b5-4+,10-8+. The Morgan fingerprint density at radius 3 is 2.67 bits per heavy atom. The van der Waals surface area contributed by atoms with E-state index >= 15 is 0 Å². The highest BCUT2D eigenvalue weighted by Crippen LogP contribution is 2.23. The number of ether oxygens (including phenoxy) is 1. The van der Waals surface area contributed by atoms with Crippen molar-refractivity contribution < 1.29 is 9.53 Å².